The molecular formula is C14H17N3OS. The average Bonchev–Trinajstić information content (AvgIpc) is 2.84. The highest BCUT2D eigenvalue weighted by molar-refractivity contribution is 7.14. The van der Waals surface area contributed by atoms with Crippen molar-refractivity contribution < 1.29 is 4.79 Å². The summed E-state index contributed by atoms with van der Waals surface area (Å²) >= 11 is 1.43. The second kappa shape index (κ2) is 6.33. The van der Waals surface area contributed by atoms with Crippen molar-refractivity contribution in [3.8, 4) is 0 Å². The Balaban J connectivity index is 2.03. The van der Waals surface area contributed by atoms with E-state index < -0.39 is 0 Å². The summed E-state index contributed by atoms with van der Waals surface area (Å²) in [7, 11) is 0. The van der Waals surface area contributed by atoms with Gasteiger partial charge in [0.05, 0.1) is 0 Å². The summed E-state index contributed by atoms with van der Waals surface area (Å²) in [4.78, 5) is 16.0. The Morgan fingerprint density at radius 3 is 3.00 bits per heavy atom. The predicted octanol–water partition coefficient (Wildman–Crippen LogP) is 3.33. The quantitative estimate of drug-likeness (QED) is 0.880. The van der Waals surface area contributed by atoms with Crippen LogP contribution >= 0.6 is 11.3 Å². The molecule has 0 atom stereocenters. The maximum Gasteiger partial charge on any atom is 0.270 e. The van der Waals surface area contributed by atoms with Crippen molar-refractivity contribution in [2.75, 3.05) is 11.9 Å². The van der Waals surface area contributed by atoms with Gasteiger partial charge in [-0.1, -0.05) is 19.1 Å². The second-order valence-corrected chi connectivity index (χ2v) is 5.15. The lowest BCUT2D eigenvalue weighted by atomic mass is 10.2. The Morgan fingerprint density at radius 1 is 1.42 bits per heavy atom. The van der Waals surface area contributed by atoms with Crippen LogP contribution in [0.25, 0.3) is 0 Å². The van der Waals surface area contributed by atoms with Crippen LogP contribution in [0.2, 0.25) is 0 Å². The lowest BCUT2D eigenvalue weighted by Gasteiger charge is -2.03. The highest BCUT2D eigenvalue weighted by atomic mass is 32.1. The first kappa shape index (κ1) is 13.5. The van der Waals surface area contributed by atoms with Crippen LogP contribution in [-0.2, 0) is 0 Å². The van der Waals surface area contributed by atoms with Crippen molar-refractivity contribution in [3.05, 3.63) is 40.9 Å². The lowest BCUT2D eigenvalue weighted by molar-refractivity contribution is 0.0949. The van der Waals surface area contributed by atoms with Gasteiger partial charge in [-0.15, -0.1) is 11.3 Å². The molecule has 0 spiro atoms. The van der Waals surface area contributed by atoms with Gasteiger partial charge in [0.1, 0.15) is 5.69 Å². The molecule has 0 fully saturated rings. The monoisotopic (exact) mass is 275 g/mol. The standard InChI is InChI=1S/C14H17N3OS/c1-3-7-15-13(18)12-9-19-14(17-12)16-11-6-4-5-10(2)8-11/h4-6,8-9H,3,7H2,1-2H3,(H,15,18)(H,16,17). The fourth-order valence-electron chi connectivity index (χ4n) is 1.61. The molecule has 2 N–H and O–H groups in total. The molecule has 19 heavy (non-hydrogen) atoms. The van der Waals surface area contributed by atoms with E-state index in [1.54, 1.807) is 5.38 Å². The van der Waals surface area contributed by atoms with Crippen molar-refractivity contribution >= 4 is 28.1 Å². The lowest BCUT2D eigenvalue weighted by Crippen LogP contribution is -2.24. The van der Waals surface area contributed by atoms with Crippen LogP contribution < -0.4 is 10.6 Å². The van der Waals surface area contributed by atoms with E-state index in [2.05, 4.69) is 15.6 Å². The second-order valence-electron chi connectivity index (χ2n) is 4.29. The van der Waals surface area contributed by atoms with Crippen LogP contribution in [0.5, 0.6) is 0 Å². The molecular weight excluding hydrogens is 258 g/mol. The largest absolute Gasteiger partial charge is 0.351 e. The molecule has 1 aromatic heterocycles. The molecule has 2 aromatic rings. The summed E-state index contributed by atoms with van der Waals surface area (Å²) < 4.78 is 0. The van der Waals surface area contributed by atoms with E-state index in [1.807, 2.05) is 38.1 Å². The maximum absolute atomic E-state index is 11.7. The minimum absolute atomic E-state index is 0.115. The summed E-state index contributed by atoms with van der Waals surface area (Å²) in [5, 5.41) is 8.51. The van der Waals surface area contributed by atoms with Crippen molar-refractivity contribution in [2.24, 2.45) is 0 Å². The third-order valence-corrected chi connectivity index (χ3v) is 3.30. The normalized spacial score (nSPS) is 10.2. The molecule has 0 aliphatic rings. The highest BCUT2D eigenvalue weighted by Gasteiger charge is 2.09. The van der Waals surface area contributed by atoms with Crippen molar-refractivity contribution in [2.45, 2.75) is 20.3 Å². The number of anilines is 2. The molecule has 4 nitrogen and oxygen atoms in total. The third-order valence-electron chi connectivity index (χ3n) is 2.54. The first-order valence-electron chi connectivity index (χ1n) is 6.26. The number of hydrogen-bond acceptors (Lipinski definition) is 4. The van der Waals surface area contributed by atoms with E-state index in [1.165, 1.54) is 16.9 Å². The predicted molar refractivity (Wildman–Crippen MR) is 79.2 cm³/mol. The smallest absolute Gasteiger partial charge is 0.270 e. The zero-order valence-corrected chi connectivity index (χ0v) is 11.9. The van der Waals surface area contributed by atoms with Crippen molar-refractivity contribution in [1.29, 1.82) is 0 Å². The number of hydrogen-bond donors (Lipinski definition) is 2. The Bertz CT molecular complexity index is 565. The van der Waals surface area contributed by atoms with Crippen molar-refractivity contribution in [1.82, 2.24) is 10.3 Å². The summed E-state index contributed by atoms with van der Waals surface area (Å²) in [5.74, 6) is -0.115. The molecule has 0 radical (unpaired) electrons. The fraction of sp³-hybridized carbons (Fsp3) is 0.286. The number of amides is 1. The molecule has 0 saturated carbocycles. The van der Waals surface area contributed by atoms with Gasteiger partial charge in [-0.3, -0.25) is 4.79 Å². The van der Waals surface area contributed by atoms with E-state index in [4.69, 9.17) is 0 Å². The summed E-state index contributed by atoms with van der Waals surface area (Å²) in [5.41, 5.74) is 2.63. The van der Waals surface area contributed by atoms with Crippen LogP contribution in [0.4, 0.5) is 10.8 Å². The zero-order valence-electron chi connectivity index (χ0n) is 11.1. The molecule has 0 aliphatic carbocycles. The average molecular weight is 275 g/mol. The van der Waals surface area contributed by atoms with E-state index in [0.29, 0.717) is 12.2 Å². The Morgan fingerprint density at radius 2 is 2.26 bits per heavy atom. The van der Waals surface area contributed by atoms with Gasteiger partial charge in [0.25, 0.3) is 5.91 Å². The van der Waals surface area contributed by atoms with Crippen LogP contribution in [0.15, 0.2) is 29.6 Å². The molecule has 5 heteroatoms. The molecule has 0 unspecified atom stereocenters. The third kappa shape index (κ3) is 3.79. The first-order chi connectivity index (χ1) is 9.19. The van der Waals surface area contributed by atoms with Gasteiger partial charge in [0, 0.05) is 17.6 Å². The number of carbonyl (C=O) groups excluding carboxylic acids is 1. The van der Waals surface area contributed by atoms with E-state index in [0.717, 1.165) is 17.2 Å². The Hall–Kier alpha value is -1.88. The topological polar surface area (TPSA) is 54.0 Å². The van der Waals surface area contributed by atoms with Gasteiger partial charge in [-0.05, 0) is 31.0 Å². The number of aryl methyl sites for hydroxylation is 1. The van der Waals surface area contributed by atoms with E-state index >= 15 is 0 Å². The van der Waals surface area contributed by atoms with E-state index in [9.17, 15) is 4.79 Å². The molecule has 0 bridgehead atoms. The van der Waals surface area contributed by atoms with Crippen LogP contribution in [-0.4, -0.2) is 17.4 Å². The SMILES string of the molecule is CCCNC(=O)c1csc(Nc2cccc(C)c2)n1. The number of benzene rings is 1. The zero-order chi connectivity index (χ0) is 13.7. The first-order valence-corrected chi connectivity index (χ1v) is 7.14. The fourth-order valence-corrected chi connectivity index (χ4v) is 2.32. The molecule has 1 heterocycles. The number of nitrogens with one attached hydrogen (secondary N) is 2. The van der Waals surface area contributed by atoms with Crippen LogP contribution in [0.3, 0.4) is 0 Å². The van der Waals surface area contributed by atoms with E-state index in [-0.39, 0.29) is 5.91 Å². The van der Waals surface area contributed by atoms with Gasteiger partial charge in [-0.25, -0.2) is 4.98 Å². The summed E-state index contributed by atoms with van der Waals surface area (Å²) in [6.07, 6.45) is 0.921. The molecule has 1 amide bonds. The Kier molecular flexibility index (Phi) is 4.52. The minimum atomic E-state index is -0.115. The van der Waals surface area contributed by atoms with Crippen LogP contribution in [0.1, 0.15) is 29.4 Å². The van der Waals surface area contributed by atoms with Gasteiger partial charge in [0.2, 0.25) is 0 Å². The van der Waals surface area contributed by atoms with Gasteiger partial charge in [0.15, 0.2) is 5.13 Å². The maximum atomic E-state index is 11.7. The number of rotatable bonds is 5. The van der Waals surface area contributed by atoms with Gasteiger partial charge < -0.3 is 10.6 Å². The number of nitrogens with zero attached hydrogens (tertiary/aromatic N) is 1. The highest BCUT2D eigenvalue weighted by Crippen LogP contribution is 2.21. The minimum Gasteiger partial charge on any atom is -0.351 e. The molecule has 0 saturated heterocycles. The number of carbonyl (C=O) groups is 1. The number of aromatic nitrogens is 1. The number of thiazole rings is 1. The summed E-state index contributed by atoms with van der Waals surface area (Å²) in [6, 6.07) is 8.04. The van der Waals surface area contributed by atoms with Crippen LogP contribution in [0, 0.1) is 6.92 Å². The van der Waals surface area contributed by atoms with Gasteiger partial charge >= 0.3 is 0 Å². The molecule has 2 rings (SSSR count). The van der Waals surface area contributed by atoms with Crippen molar-refractivity contribution in [3.63, 3.8) is 0 Å². The van der Waals surface area contributed by atoms with Gasteiger partial charge in [-0.2, -0.15) is 0 Å². The molecule has 1 aromatic carbocycles. The Labute approximate surface area is 116 Å². The molecule has 100 valence electrons. The molecule has 0 aliphatic heterocycles. The summed E-state index contributed by atoms with van der Waals surface area (Å²) in [6.45, 7) is 4.74.